The van der Waals surface area contributed by atoms with Gasteiger partial charge in [0.15, 0.2) is 28.1 Å². The van der Waals surface area contributed by atoms with Crippen LogP contribution in [-0.2, 0) is 17.8 Å². The van der Waals surface area contributed by atoms with Crippen LogP contribution in [0, 0.1) is 5.92 Å². The number of hydrogen-bond acceptors (Lipinski definition) is 7. The van der Waals surface area contributed by atoms with Gasteiger partial charge < -0.3 is 27.2 Å². The van der Waals surface area contributed by atoms with Crippen molar-refractivity contribution in [1.82, 2.24) is 0 Å². The molecule has 10 heteroatoms. The van der Waals surface area contributed by atoms with Gasteiger partial charge in [0, 0.05) is 11.6 Å². The average molecular weight is 515 g/mol. The molecule has 0 amide bonds. The zero-order chi connectivity index (χ0) is 25.7. The van der Waals surface area contributed by atoms with E-state index in [0.717, 1.165) is 6.42 Å². The SMILES string of the molecule is COc1ccc(C=CC(=O)OCCC(C)C)c(OC)c1OC.C[Si](C)(C)O[Si]O[Si](C)(C)C. The van der Waals surface area contributed by atoms with Gasteiger partial charge in [-0.1, -0.05) is 13.8 Å². The lowest BCUT2D eigenvalue weighted by Crippen LogP contribution is -2.34. The summed E-state index contributed by atoms with van der Waals surface area (Å²) in [7, 11) is 2.19. The van der Waals surface area contributed by atoms with Crippen LogP contribution >= 0.6 is 0 Å². The second-order valence-corrected chi connectivity index (χ2v) is 19.9. The Kier molecular flexibility index (Phi) is 14.6. The standard InChI is InChI=1S/C17H24O5.C6H18O2Si3/c1-12(2)10-11-22-15(18)9-7-13-6-8-14(19-3)17(21-5)16(13)20-4;1-10(2,3)7-9-8-11(4,5)6/h6-9,12H,10-11H2,1-5H3;1-6H3. The molecule has 0 fully saturated rings. The van der Waals surface area contributed by atoms with E-state index in [-0.39, 0.29) is 16.0 Å². The lowest BCUT2D eigenvalue weighted by molar-refractivity contribution is -0.137. The molecule has 0 aliphatic rings. The Hall–Kier alpha value is -1.60. The molecule has 0 aliphatic carbocycles. The Morgan fingerprint density at radius 1 is 0.909 bits per heavy atom. The molecule has 33 heavy (non-hydrogen) atoms. The van der Waals surface area contributed by atoms with Gasteiger partial charge in [-0.2, -0.15) is 0 Å². The van der Waals surface area contributed by atoms with Crippen LogP contribution in [0.4, 0.5) is 0 Å². The van der Waals surface area contributed by atoms with Gasteiger partial charge >= 0.3 is 16.0 Å². The third-order valence-electron chi connectivity index (χ3n) is 3.77. The monoisotopic (exact) mass is 514 g/mol. The van der Waals surface area contributed by atoms with Gasteiger partial charge in [0.2, 0.25) is 5.75 Å². The Balaban J connectivity index is 0.000000785. The fourth-order valence-corrected chi connectivity index (χ4v) is 4.67. The molecule has 0 atom stereocenters. The van der Waals surface area contributed by atoms with Crippen LogP contribution in [0.25, 0.3) is 6.08 Å². The van der Waals surface area contributed by atoms with Gasteiger partial charge in [-0.15, -0.1) is 0 Å². The maximum absolute atomic E-state index is 11.7. The van der Waals surface area contributed by atoms with Crippen LogP contribution in [0.2, 0.25) is 39.3 Å². The Bertz CT molecular complexity index is 725. The third kappa shape index (κ3) is 15.0. The maximum atomic E-state index is 11.7. The minimum absolute atomic E-state index is 0.258. The van der Waals surface area contributed by atoms with E-state index >= 15 is 0 Å². The fraction of sp³-hybridized carbons (Fsp3) is 0.609. The smallest absolute Gasteiger partial charge is 0.410 e. The van der Waals surface area contributed by atoms with E-state index in [0.29, 0.717) is 35.3 Å². The lowest BCUT2D eigenvalue weighted by atomic mass is 10.1. The van der Waals surface area contributed by atoms with Crippen LogP contribution in [0.3, 0.4) is 0 Å². The van der Waals surface area contributed by atoms with E-state index in [1.165, 1.54) is 20.3 Å². The van der Waals surface area contributed by atoms with Gasteiger partial charge in [-0.05, 0) is 69.8 Å². The van der Waals surface area contributed by atoms with Gasteiger partial charge in [0.25, 0.3) is 0 Å². The highest BCUT2D eigenvalue weighted by Crippen LogP contribution is 2.40. The molecule has 0 saturated carbocycles. The molecule has 0 saturated heterocycles. The second-order valence-electron chi connectivity index (χ2n) is 9.62. The summed E-state index contributed by atoms with van der Waals surface area (Å²) in [5.41, 5.74) is 0.709. The second kappa shape index (κ2) is 15.3. The first-order valence-corrected chi connectivity index (χ1v) is 18.6. The number of benzene rings is 1. The molecule has 0 heterocycles. The van der Waals surface area contributed by atoms with Crippen molar-refractivity contribution >= 4 is 38.7 Å². The third-order valence-corrected chi connectivity index (χ3v) is 9.33. The number of esters is 1. The molecule has 7 nitrogen and oxygen atoms in total. The summed E-state index contributed by atoms with van der Waals surface area (Å²) < 4.78 is 32.2. The van der Waals surface area contributed by atoms with Crippen molar-refractivity contribution in [3.05, 3.63) is 23.8 Å². The maximum Gasteiger partial charge on any atom is 0.410 e. The van der Waals surface area contributed by atoms with Gasteiger partial charge in [-0.25, -0.2) is 4.79 Å². The van der Waals surface area contributed by atoms with Crippen molar-refractivity contribution in [1.29, 1.82) is 0 Å². The quantitative estimate of drug-likeness (QED) is 0.206. The Labute approximate surface area is 205 Å². The van der Waals surface area contributed by atoms with Crippen LogP contribution in [-0.4, -0.2) is 60.5 Å². The van der Waals surface area contributed by atoms with Crippen molar-refractivity contribution in [2.24, 2.45) is 5.92 Å². The number of carbonyl (C=O) groups is 1. The zero-order valence-electron chi connectivity index (χ0n) is 22.2. The molecular weight excluding hydrogens is 473 g/mol. The summed E-state index contributed by atoms with van der Waals surface area (Å²) in [4.78, 5) is 11.7. The molecule has 0 unspecified atom stereocenters. The van der Waals surface area contributed by atoms with E-state index in [2.05, 4.69) is 53.1 Å². The summed E-state index contributed by atoms with van der Waals surface area (Å²) in [6.07, 6.45) is 3.86. The molecule has 0 aromatic heterocycles. The molecule has 1 rings (SSSR count). The first-order valence-electron chi connectivity index (χ1n) is 11.0. The number of hydrogen-bond donors (Lipinski definition) is 0. The zero-order valence-corrected chi connectivity index (χ0v) is 25.2. The topological polar surface area (TPSA) is 72.5 Å². The first kappa shape index (κ1) is 31.4. The minimum Gasteiger partial charge on any atom is -0.493 e. The van der Waals surface area contributed by atoms with Crippen molar-refractivity contribution in [3.8, 4) is 17.2 Å². The highest BCUT2D eigenvalue weighted by atomic mass is 28.4. The minimum atomic E-state index is -1.35. The van der Waals surface area contributed by atoms with Crippen LogP contribution < -0.4 is 14.2 Å². The molecule has 1 aromatic rings. The molecule has 1 aromatic carbocycles. The van der Waals surface area contributed by atoms with Crippen molar-refractivity contribution < 1.29 is 32.0 Å². The predicted molar refractivity (Wildman–Crippen MR) is 140 cm³/mol. The highest BCUT2D eigenvalue weighted by Gasteiger charge is 2.19. The number of methoxy groups -OCH3 is 3. The number of carbonyl (C=O) groups excluding carboxylic acids is 1. The normalized spacial score (nSPS) is 11.8. The van der Waals surface area contributed by atoms with E-state index in [1.807, 2.05) is 0 Å². The van der Waals surface area contributed by atoms with Crippen LogP contribution in [0.5, 0.6) is 17.2 Å². The van der Waals surface area contributed by atoms with Gasteiger partial charge in [0.05, 0.1) is 27.9 Å². The Morgan fingerprint density at radius 3 is 1.88 bits per heavy atom. The van der Waals surface area contributed by atoms with Crippen LogP contribution in [0.1, 0.15) is 25.8 Å². The van der Waals surface area contributed by atoms with Crippen molar-refractivity contribution in [2.75, 3.05) is 27.9 Å². The fourth-order valence-electron chi connectivity index (χ4n) is 2.13. The molecule has 188 valence electrons. The average Bonchev–Trinajstić information content (AvgIpc) is 2.69. The molecular formula is C23H42O7Si3. The number of ether oxygens (including phenoxy) is 4. The summed E-state index contributed by atoms with van der Waals surface area (Å²) in [5, 5.41) is 0. The van der Waals surface area contributed by atoms with E-state index < -0.39 is 16.6 Å². The lowest BCUT2D eigenvalue weighted by Gasteiger charge is -2.21. The van der Waals surface area contributed by atoms with Crippen molar-refractivity contribution in [2.45, 2.75) is 59.6 Å². The van der Waals surface area contributed by atoms with E-state index in [9.17, 15) is 4.79 Å². The molecule has 2 radical (unpaired) electrons. The largest absolute Gasteiger partial charge is 0.493 e. The summed E-state index contributed by atoms with van der Waals surface area (Å²) in [6.45, 7) is 17.6. The Morgan fingerprint density at radius 2 is 1.45 bits per heavy atom. The van der Waals surface area contributed by atoms with Crippen LogP contribution in [0.15, 0.2) is 18.2 Å². The van der Waals surface area contributed by atoms with Gasteiger partial charge in [-0.3, -0.25) is 0 Å². The molecule has 0 bridgehead atoms. The molecule has 0 spiro atoms. The summed E-state index contributed by atoms with van der Waals surface area (Å²) in [6, 6.07) is 3.54. The molecule has 0 N–H and O–H groups in total. The summed E-state index contributed by atoms with van der Waals surface area (Å²) >= 11 is 0. The number of rotatable bonds is 12. The molecule has 0 aliphatic heterocycles. The predicted octanol–water partition coefficient (Wildman–Crippen LogP) is 5.54. The summed E-state index contributed by atoms with van der Waals surface area (Å²) in [5.74, 6) is 1.68. The van der Waals surface area contributed by atoms with Crippen molar-refractivity contribution in [3.63, 3.8) is 0 Å². The van der Waals surface area contributed by atoms with E-state index in [4.69, 9.17) is 27.2 Å². The highest BCUT2D eigenvalue weighted by molar-refractivity contribution is 6.77. The first-order chi connectivity index (χ1) is 15.2. The van der Waals surface area contributed by atoms with E-state index in [1.54, 1.807) is 25.3 Å². The van der Waals surface area contributed by atoms with Gasteiger partial charge in [0.1, 0.15) is 0 Å².